The van der Waals surface area contributed by atoms with Crippen molar-refractivity contribution in [2.75, 3.05) is 20.2 Å². The fourth-order valence-corrected chi connectivity index (χ4v) is 4.55. The molecule has 2 aliphatic rings. The summed E-state index contributed by atoms with van der Waals surface area (Å²) in [6, 6.07) is 5.62. The van der Waals surface area contributed by atoms with Crippen molar-refractivity contribution < 1.29 is 9.53 Å². The van der Waals surface area contributed by atoms with Crippen LogP contribution in [-0.2, 0) is 4.74 Å². The number of rotatable bonds is 3. The monoisotopic (exact) mass is 340 g/mol. The van der Waals surface area contributed by atoms with E-state index in [1.807, 2.05) is 23.1 Å². The molecule has 1 amide bonds. The molecule has 1 spiro atoms. The molecule has 25 heavy (non-hydrogen) atoms. The molecule has 4 rings (SSSR count). The molecule has 6 heteroatoms. The molecule has 2 aromatic rings. The zero-order chi connectivity index (χ0) is 17.3. The van der Waals surface area contributed by atoms with Gasteiger partial charge in [-0.1, -0.05) is 6.42 Å². The Hall–Kier alpha value is -2.21. The van der Waals surface area contributed by atoms with E-state index in [9.17, 15) is 4.79 Å². The first kappa shape index (κ1) is 16.3. The van der Waals surface area contributed by atoms with Gasteiger partial charge in [0, 0.05) is 43.6 Å². The summed E-state index contributed by atoms with van der Waals surface area (Å²) in [5, 5.41) is 7.21. The lowest BCUT2D eigenvalue weighted by Gasteiger charge is -2.43. The number of hydrogen-bond donors (Lipinski definition) is 1. The number of ether oxygens (including phenoxy) is 1. The van der Waals surface area contributed by atoms with Gasteiger partial charge in [-0.25, -0.2) is 0 Å². The molecule has 1 aliphatic heterocycles. The summed E-state index contributed by atoms with van der Waals surface area (Å²) >= 11 is 0. The largest absolute Gasteiger partial charge is 0.381 e. The number of pyridine rings is 1. The third-order valence-electron chi connectivity index (χ3n) is 5.79. The Balaban J connectivity index is 1.52. The Morgan fingerprint density at radius 2 is 2.12 bits per heavy atom. The average Bonchev–Trinajstić information content (AvgIpc) is 3.29. The van der Waals surface area contributed by atoms with Gasteiger partial charge >= 0.3 is 0 Å². The Morgan fingerprint density at radius 1 is 1.32 bits per heavy atom. The maximum atomic E-state index is 13.0. The predicted molar refractivity (Wildman–Crippen MR) is 94.0 cm³/mol. The van der Waals surface area contributed by atoms with Gasteiger partial charge in [0.05, 0.1) is 11.8 Å². The highest BCUT2D eigenvalue weighted by molar-refractivity contribution is 5.93. The summed E-state index contributed by atoms with van der Waals surface area (Å²) in [4.78, 5) is 19.0. The van der Waals surface area contributed by atoms with Gasteiger partial charge in [-0.3, -0.25) is 14.9 Å². The summed E-state index contributed by atoms with van der Waals surface area (Å²) < 4.78 is 5.74. The zero-order valence-electron chi connectivity index (χ0n) is 14.6. The minimum absolute atomic E-state index is 0.0358. The number of nitrogens with zero attached hydrogens (tertiary/aromatic N) is 3. The maximum Gasteiger partial charge on any atom is 0.271 e. The van der Waals surface area contributed by atoms with Gasteiger partial charge in [-0.05, 0) is 43.9 Å². The topological polar surface area (TPSA) is 71.1 Å². The molecule has 1 N–H and O–H groups in total. The van der Waals surface area contributed by atoms with E-state index >= 15 is 0 Å². The summed E-state index contributed by atoms with van der Waals surface area (Å²) in [7, 11) is 1.80. The quantitative estimate of drug-likeness (QED) is 0.932. The van der Waals surface area contributed by atoms with Crippen LogP contribution >= 0.6 is 0 Å². The molecule has 0 radical (unpaired) electrons. The molecule has 0 aromatic carbocycles. The van der Waals surface area contributed by atoms with E-state index in [1.165, 1.54) is 6.42 Å². The van der Waals surface area contributed by atoms with E-state index < -0.39 is 0 Å². The Morgan fingerprint density at radius 3 is 2.92 bits per heavy atom. The summed E-state index contributed by atoms with van der Waals surface area (Å²) in [6.07, 6.45) is 9.37. The highest BCUT2D eigenvalue weighted by Gasteiger charge is 2.46. The number of likely N-dealkylation sites (tertiary alicyclic amines) is 1. The van der Waals surface area contributed by atoms with E-state index in [1.54, 1.807) is 19.5 Å². The van der Waals surface area contributed by atoms with Crippen molar-refractivity contribution in [3.8, 4) is 11.3 Å². The molecule has 132 valence electrons. The number of aromatic nitrogens is 3. The lowest BCUT2D eigenvalue weighted by molar-refractivity contribution is -0.0296. The number of carbonyl (C=O) groups is 1. The van der Waals surface area contributed by atoms with Gasteiger partial charge < -0.3 is 9.64 Å². The second-order valence-corrected chi connectivity index (χ2v) is 7.21. The van der Waals surface area contributed by atoms with Crippen molar-refractivity contribution in [3.63, 3.8) is 0 Å². The Labute approximate surface area is 147 Å². The number of nitrogens with one attached hydrogen (secondary N) is 1. The van der Waals surface area contributed by atoms with E-state index in [-0.39, 0.29) is 17.4 Å². The Kier molecular flexibility index (Phi) is 4.29. The first-order chi connectivity index (χ1) is 12.2. The van der Waals surface area contributed by atoms with Crippen molar-refractivity contribution in [1.82, 2.24) is 20.1 Å². The number of aromatic amines is 1. The van der Waals surface area contributed by atoms with Crippen LogP contribution in [0, 0.1) is 5.41 Å². The van der Waals surface area contributed by atoms with Crippen molar-refractivity contribution in [2.24, 2.45) is 5.41 Å². The molecule has 2 aromatic heterocycles. The third-order valence-corrected chi connectivity index (χ3v) is 5.79. The number of carbonyl (C=O) groups excluding carboxylic acids is 1. The second-order valence-electron chi connectivity index (χ2n) is 7.21. The standard InChI is InChI=1S/C19H24N4O2/c1-25-17-4-2-7-19(17)8-3-11-23(13-19)18(24)16-12-15(21-22-16)14-5-9-20-10-6-14/h5-6,9-10,12,17H,2-4,7-8,11,13H2,1H3,(H,21,22)/t17-,19+/m1/s1. The van der Waals surface area contributed by atoms with Crippen LogP contribution in [0.3, 0.4) is 0 Å². The molecular formula is C19H24N4O2. The van der Waals surface area contributed by atoms with Gasteiger partial charge in [-0.15, -0.1) is 0 Å². The normalized spacial score (nSPS) is 26.3. The number of hydrogen-bond acceptors (Lipinski definition) is 4. The van der Waals surface area contributed by atoms with E-state index in [4.69, 9.17) is 4.74 Å². The van der Waals surface area contributed by atoms with Crippen LogP contribution in [0.1, 0.15) is 42.6 Å². The first-order valence-electron chi connectivity index (χ1n) is 9.00. The molecule has 1 aliphatic carbocycles. The lowest BCUT2D eigenvalue weighted by Crippen LogP contribution is -2.49. The number of amides is 1. The van der Waals surface area contributed by atoms with E-state index in [0.29, 0.717) is 5.69 Å². The van der Waals surface area contributed by atoms with Gasteiger partial charge in [0.2, 0.25) is 0 Å². The minimum atomic E-state index is 0.0358. The lowest BCUT2D eigenvalue weighted by atomic mass is 9.76. The maximum absolute atomic E-state index is 13.0. The molecule has 1 saturated carbocycles. The minimum Gasteiger partial charge on any atom is -0.381 e. The number of methoxy groups -OCH3 is 1. The van der Waals surface area contributed by atoms with Crippen LogP contribution in [-0.4, -0.2) is 52.3 Å². The number of H-pyrrole nitrogens is 1. The predicted octanol–water partition coefficient (Wildman–Crippen LogP) is 2.89. The second kappa shape index (κ2) is 6.59. The van der Waals surface area contributed by atoms with Gasteiger partial charge in [0.1, 0.15) is 5.69 Å². The third kappa shape index (κ3) is 2.95. The fraction of sp³-hybridized carbons (Fsp3) is 0.526. The molecule has 3 heterocycles. The summed E-state index contributed by atoms with van der Waals surface area (Å²) in [6.45, 7) is 1.59. The zero-order valence-corrected chi connectivity index (χ0v) is 14.6. The van der Waals surface area contributed by atoms with Gasteiger partial charge in [-0.2, -0.15) is 5.10 Å². The fourth-order valence-electron chi connectivity index (χ4n) is 4.55. The van der Waals surface area contributed by atoms with Crippen LogP contribution in [0.25, 0.3) is 11.3 Å². The SMILES string of the molecule is CO[C@@H]1CCC[C@@]12CCCN(C(=O)c1cc(-c3ccncc3)n[nH]1)C2. The van der Waals surface area contributed by atoms with Crippen LogP contribution in [0.4, 0.5) is 0 Å². The number of piperidine rings is 1. The average molecular weight is 340 g/mol. The molecule has 0 bridgehead atoms. The smallest absolute Gasteiger partial charge is 0.271 e. The Bertz CT molecular complexity index is 745. The van der Waals surface area contributed by atoms with Crippen LogP contribution in [0.15, 0.2) is 30.6 Å². The van der Waals surface area contributed by atoms with Crippen LogP contribution < -0.4 is 0 Å². The first-order valence-corrected chi connectivity index (χ1v) is 9.00. The van der Waals surface area contributed by atoms with E-state index in [0.717, 1.165) is 50.0 Å². The van der Waals surface area contributed by atoms with Crippen LogP contribution in [0.2, 0.25) is 0 Å². The molecule has 0 unspecified atom stereocenters. The molecular weight excluding hydrogens is 316 g/mol. The van der Waals surface area contributed by atoms with Crippen molar-refractivity contribution in [2.45, 2.75) is 38.2 Å². The van der Waals surface area contributed by atoms with E-state index in [2.05, 4.69) is 15.2 Å². The molecule has 1 saturated heterocycles. The van der Waals surface area contributed by atoms with Crippen molar-refractivity contribution >= 4 is 5.91 Å². The van der Waals surface area contributed by atoms with Gasteiger partial charge in [0.25, 0.3) is 5.91 Å². The van der Waals surface area contributed by atoms with Crippen molar-refractivity contribution in [3.05, 3.63) is 36.3 Å². The summed E-state index contributed by atoms with van der Waals surface area (Å²) in [5.41, 5.74) is 2.41. The highest BCUT2D eigenvalue weighted by Crippen LogP contribution is 2.46. The van der Waals surface area contributed by atoms with Gasteiger partial charge in [0.15, 0.2) is 0 Å². The molecule has 6 nitrogen and oxygen atoms in total. The molecule has 2 fully saturated rings. The van der Waals surface area contributed by atoms with Crippen molar-refractivity contribution in [1.29, 1.82) is 0 Å². The summed E-state index contributed by atoms with van der Waals surface area (Å²) in [5.74, 6) is 0.0358. The highest BCUT2D eigenvalue weighted by atomic mass is 16.5. The van der Waals surface area contributed by atoms with Crippen LogP contribution in [0.5, 0.6) is 0 Å². The molecule has 2 atom stereocenters.